The van der Waals surface area contributed by atoms with Gasteiger partial charge in [-0.15, -0.1) is 0 Å². The number of sulfonamides is 1. The highest BCUT2D eigenvalue weighted by molar-refractivity contribution is 7.89. The summed E-state index contributed by atoms with van der Waals surface area (Å²) in [4.78, 5) is -0.944. The van der Waals surface area contributed by atoms with Crippen LogP contribution in [0.1, 0.15) is 54.0 Å². The Morgan fingerprint density at radius 3 is 1.89 bits per heavy atom. The first kappa shape index (κ1) is 23.5. The van der Waals surface area contributed by atoms with Crippen molar-refractivity contribution in [1.29, 1.82) is 0 Å². The average Bonchev–Trinajstić information content (AvgIpc) is 2.62. The molecular formula is C17H24BClF3NO4S. The Kier molecular flexibility index (Phi) is 5.76. The van der Waals surface area contributed by atoms with Gasteiger partial charge in [-0.25, -0.2) is 13.1 Å². The molecule has 1 aromatic rings. The van der Waals surface area contributed by atoms with Crippen molar-refractivity contribution in [2.75, 3.05) is 0 Å². The molecule has 0 bridgehead atoms. The van der Waals surface area contributed by atoms with Crippen LogP contribution in [0.5, 0.6) is 0 Å². The molecule has 28 heavy (non-hydrogen) atoms. The quantitative estimate of drug-likeness (QED) is 0.726. The van der Waals surface area contributed by atoms with Crippen molar-refractivity contribution in [2.24, 2.45) is 0 Å². The largest absolute Gasteiger partial charge is 0.496 e. The van der Waals surface area contributed by atoms with Crippen LogP contribution in [-0.4, -0.2) is 32.3 Å². The number of alkyl halides is 3. The van der Waals surface area contributed by atoms with Crippen molar-refractivity contribution < 1.29 is 30.9 Å². The van der Waals surface area contributed by atoms with E-state index >= 15 is 0 Å². The molecular weight excluding hydrogens is 418 g/mol. The van der Waals surface area contributed by atoms with Gasteiger partial charge < -0.3 is 9.31 Å². The summed E-state index contributed by atoms with van der Waals surface area (Å²) < 4.78 is 80.3. The number of rotatable bonds is 3. The van der Waals surface area contributed by atoms with Crippen LogP contribution in [0.3, 0.4) is 0 Å². The number of benzene rings is 1. The maximum atomic E-state index is 13.8. The molecule has 1 aromatic carbocycles. The Balaban J connectivity index is 2.64. The van der Waals surface area contributed by atoms with E-state index in [4.69, 9.17) is 20.9 Å². The van der Waals surface area contributed by atoms with Crippen molar-refractivity contribution >= 4 is 34.2 Å². The molecule has 0 radical (unpaired) electrons. The van der Waals surface area contributed by atoms with E-state index in [0.29, 0.717) is 0 Å². The van der Waals surface area contributed by atoms with E-state index in [1.54, 1.807) is 27.7 Å². The second kappa shape index (κ2) is 6.87. The lowest BCUT2D eigenvalue weighted by molar-refractivity contribution is -0.139. The first-order valence-corrected chi connectivity index (χ1v) is 10.4. The van der Waals surface area contributed by atoms with Gasteiger partial charge in [0.25, 0.3) is 0 Å². The molecule has 0 atom stereocenters. The smallest absolute Gasteiger partial charge is 0.399 e. The number of hydrogen-bond donors (Lipinski definition) is 1. The van der Waals surface area contributed by atoms with Crippen LogP contribution in [0.25, 0.3) is 0 Å². The predicted molar refractivity (Wildman–Crippen MR) is 102 cm³/mol. The van der Waals surface area contributed by atoms with E-state index in [9.17, 15) is 21.6 Å². The fourth-order valence-corrected chi connectivity index (χ4v) is 4.74. The molecule has 1 fully saturated rings. The van der Waals surface area contributed by atoms with Crippen molar-refractivity contribution in [3.05, 3.63) is 22.7 Å². The molecule has 0 amide bonds. The molecule has 0 saturated carbocycles. The summed E-state index contributed by atoms with van der Waals surface area (Å²) in [6, 6.07) is 2.07. The zero-order chi connectivity index (χ0) is 21.9. The lowest BCUT2D eigenvalue weighted by Gasteiger charge is -2.32. The highest BCUT2D eigenvalue weighted by atomic mass is 35.5. The van der Waals surface area contributed by atoms with Crippen LogP contribution >= 0.6 is 11.6 Å². The maximum Gasteiger partial charge on any atom is 0.496 e. The number of halogens is 4. The van der Waals surface area contributed by atoms with Crippen molar-refractivity contribution in [2.45, 2.75) is 76.3 Å². The van der Waals surface area contributed by atoms with E-state index < -0.39 is 55.5 Å². The Bertz CT molecular complexity index is 864. The van der Waals surface area contributed by atoms with Crippen LogP contribution in [0.15, 0.2) is 17.0 Å². The molecule has 0 unspecified atom stereocenters. The highest BCUT2D eigenvalue weighted by Crippen LogP contribution is 2.41. The zero-order valence-corrected chi connectivity index (χ0v) is 18.4. The molecule has 0 aliphatic carbocycles. The van der Waals surface area contributed by atoms with Crippen LogP contribution in [0.2, 0.25) is 5.02 Å². The first-order chi connectivity index (χ1) is 12.3. The summed E-state index contributed by atoms with van der Waals surface area (Å²) in [5, 5.41) is -0.761. The predicted octanol–water partition coefficient (Wildman–Crippen LogP) is 3.73. The molecule has 2 rings (SSSR count). The monoisotopic (exact) mass is 441 g/mol. The van der Waals surface area contributed by atoms with Crippen LogP contribution in [0, 0.1) is 0 Å². The third-order valence-corrected chi connectivity index (χ3v) is 6.86. The molecule has 1 heterocycles. The number of hydrogen-bond acceptors (Lipinski definition) is 4. The zero-order valence-electron chi connectivity index (χ0n) is 16.8. The lowest BCUT2D eigenvalue weighted by atomic mass is 9.78. The van der Waals surface area contributed by atoms with Crippen LogP contribution in [0.4, 0.5) is 13.2 Å². The third kappa shape index (κ3) is 4.51. The Hall–Kier alpha value is -0.805. The summed E-state index contributed by atoms with van der Waals surface area (Å²) in [5.41, 5.74) is -4.09. The SMILES string of the molecule is CC(C)(C)NS(=O)(=O)c1ccc(B2OC(C)(C)C(C)(C)O2)c(Cl)c1C(F)(F)F. The lowest BCUT2D eigenvalue weighted by Crippen LogP contribution is -2.42. The molecule has 1 N–H and O–H groups in total. The number of nitrogens with one attached hydrogen (secondary N) is 1. The molecule has 158 valence electrons. The van der Waals surface area contributed by atoms with E-state index in [0.717, 1.165) is 6.07 Å². The second-order valence-corrected chi connectivity index (χ2v) is 10.8. The van der Waals surface area contributed by atoms with Gasteiger partial charge in [0, 0.05) is 11.0 Å². The van der Waals surface area contributed by atoms with E-state index in [1.807, 2.05) is 0 Å². The Morgan fingerprint density at radius 1 is 1.04 bits per heavy atom. The average molecular weight is 442 g/mol. The van der Waals surface area contributed by atoms with Gasteiger partial charge in [0.2, 0.25) is 10.0 Å². The Labute approximate surface area is 169 Å². The van der Waals surface area contributed by atoms with Crippen molar-refractivity contribution in [3.63, 3.8) is 0 Å². The first-order valence-electron chi connectivity index (χ1n) is 8.58. The maximum absolute atomic E-state index is 13.8. The van der Waals surface area contributed by atoms with Gasteiger partial charge in [0.05, 0.1) is 26.7 Å². The minimum atomic E-state index is -5.00. The topological polar surface area (TPSA) is 64.6 Å². The molecule has 11 heteroatoms. The highest BCUT2D eigenvalue weighted by Gasteiger charge is 2.53. The van der Waals surface area contributed by atoms with Gasteiger partial charge in [-0.2, -0.15) is 13.2 Å². The fourth-order valence-electron chi connectivity index (χ4n) is 2.67. The van der Waals surface area contributed by atoms with Gasteiger partial charge in [-0.05, 0) is 54.5 Å². The van der Waals surface area contributed by atoms with Crippen molar-refractivity contribution in [1.82, 2.24) is 4.72 Å². The molecule has 0 aromatic heterocycles. The van der Waals surface area contributed by atoms with Gasteiger partial charge in [0.1, 0.15) is 0 Å². The normalized spacial score (nSPS) is 19.9. The summed E-state index contributed by atoms with van der Waals surface area (Å²) in [7, 11) is -5.64. The van der Waals surface area contributed by atoms with E-state index in [1.165, 1.54) is 26.8 Å². The molecule has 1 saturated heterocycles. The van der Waals surface area contributed by atoms with E-state index in [-0.39, 0.29) is 5.46 Å². The minimum Gasteiger partial charge on any atom is -0.399 e. The molecule has 0 spiro atoms. The van der Waals surface area contributed by atoms with Gasteiger partial charge in [0.15, 0.2) is 0 Å². The van der Waals surface area contributed by atoms with Crippen LogP contribution < -0.4 is 10.2 Å². The van der Waals surface area contributed by atoms with Gasteiger partial charge >= 0.3 is 13.3 Å². The van der Waals surface area contributed by atoms with Gasteiger partial charge in [-0.3, -0.25) is 0 Å². The third-order valence-electron chi connectivity index (χ3n) is 4.65. The molecule has 1 aliphatic rings. The van der Waals surface area contributed by atoms with Gasteiger partial charge in [-0.1, -0.05) is 17.7 Å². The standard InChI is InChI=1S/C17H24BClF3NO4S/c1-14(2,3)23-28(24,25)11-9-8-10(13(19)12(11)17(20,21)22)18-26-15(4,5)16(6,7)27-18/h8-9,23H,1-7H3. The summed E-state index contributed by atoms with van der Waals surface area (Å²) >= 11 is 6.07. The van der Waals surface area contributed by atoms with Crippen LogP contribution in [-0.2, 0) is 25.5 Å². The summed E-state index contributed by atoms with van der Waals surface area (Å²) in [6.45, 7) is 11.6. The fraction of sp³-hybridized carbons (Fsp3) is 0.647. The molecule has 5 nitrogen and oxygen atoms in total. The molecule has 1 aliphatic heterocycles. The van der Waals surface area contributed by atoms with Crippen molar-refractivity contribution in [3.8, 4) is 0 Å². The minimum absolute atomic E-state index is 0.0812. The second-order valence-electron chi connectivity index (χ2n) is 8.78. The summed E-state index contributed by atoms with van der Waals surface area (Å²) in [6.07, 6.45) is -5.00. The van der Waals surface area contributed by atoms with E-state index in [2.05, 4.69) is 4.72 Å². The summed E-state index contributed by atoms with van der Waals surface area (Å²) in [5.74, 6) is 0. The Morgan fingerprint density at radius 2 is 1.50 bits per heavy atom.